The number of ether oxygens (including phenoxy) is 3. The highest BCUT2D eigenvalue weighted by molar-refractivity contribution is 5.53. The highest BCUT2D eigenvalue weighted by Gasteiger charge is 2.16. The van der Waals surface area contributed by atoms with Crippen LogP contribution < -0.4 is 14.8 Å². The molecule has 0 bridgehead atoms. The van der Waals surface area contributed by atoms with Gasteiger partial charge >= 0.3 is 0 Å². The molecule has 2 rings (SSSR count). The Bertz CT molecular complexity index is 410. The van der Waals surface area contributed by atoms with Crippen molar-refractivity contribution in [3.63, 3.8) is 0 Å². The predicted molar refractivity (Wildman–Crippen MR) is 82.3 cm³/mol. The highest BCUT2D eigenvalue weighted by atomic mass is 16.5. The maximum absolute atomic E-state index is 9.97. The van der Waals surface area contributed by atoms with Gasteiger partial charge in [-0.3, -0.25) is 0 Å². The van der Waals surface area contributed by atoms with Gasteiger partial charge in [0.05, 0.1) is 33.0 Å². The Kier molecular flexibility index (Phi) is 6.14. The van der Waals surface area contributed by atoms with Crippen LogP contribution >= 0.6 is 0 Å². The molecular weight excluding hydrogens is 270 g/mol. The molecule has 1 atom stereocenters. The van der Waals surface area contributed by atoms with Gasteiger partial charge in [-0.15, -0.1) is 0 Å². The van der Waals surface area contributed by atoms with E-state index in [0.29, 0.717) is 30.8 Å². The fourth-order valence-electron chi connectivity index (χ4n) is 2.51. The predicted octanol–water partition coefficient (Wildman–Crippen LogP) is 2.44. The van der Waals surface area contributed by atoms with E-state index in [4.69, 9.17) is 14.2 Å². The molecular formula is C16H25NO4. The van der Waals surface area contributed by atoms with Crippen LogP contribution in [0.15, 0.2) is 18.2 Å². The fourth-order valence-corrected chi connectivity index (χ4v) is 2.51. The van der Waals surface area contributed by atoms with Gasteiger partial charge in [-0.2, -0.15) is 0 Å². The second kappa shape index (κ2) is 8.10. The molecule has 1 fully saturated rings. The van der Waals surface area contributed by atoms with Crippen LogP contribution in [0.3, 0.4) is 0 Å². The van der Waals surface area contributed by atoms with Crippen molar-refractivity contribution in [3.8, 4) is 11.5 Å². The molecule has 2 N–H and O–H groups in total. The molecule has 0 amide bonds. The minimum atomic E-state index is -0.525. The average molecular weight is 295 g/mol. The van der Waals surface area contributed by atoms with Crippen LogP contribution in [0.2, 0.25) is 0 Å². The Morgan fingerprint density at radius 3 is 2.33 bits per heavy atom. The molecule has 118 valence electrons. The Hall–Kier alpha value is -1.46. The summed E-state index contributed by atoms with van der Waals surface area (Å²) in [7, 11) is 3.23. The van der Waals surface area contributed by atoms with Crippen LogP contribution in [-0.4, -0.2) is 44.7 Å². The molecule has 1 unspecified atom stereocenters. The molecule has 0 saturated heterocycles. The minimum Gasteiger partial charge on any atom is -0.497 e. The Balaban J connectivity index is 1.78. The van der Waals surface area contributed by atoms with Gasteiger partial charge in [0.1, 0.15) is 11.5 Å². The summed E-state index contributed by atoms with van der Waals surface area (Å²) in [6.07, 6.45) is 4.52. The topological polar surface area (TPSA) is 60.0 Å². The molecule has 5 heteroatoms. The second-order valence-corrected chi connectivity index (χ2v) is 5.38. The molecule has 0 spiro atoms. The van der Waals surface area contributed by atoms with Gasteiger partial charge in [-0.05, 0) is 12.8 Å². The van der Waals surface area contributed by atoms with Crippen molar-refractivity contribution in [1.29, 1.82) is 0 Å². The van der Waals surface area contributed by atoms with Gasteiger partial charge < -0.3 is 24.6 Å². The molecule has 1 aromatic rings. The standard InChI is InChI=1S/C16H25NO4/c1-19-15-7-12(8-16(9-15)20-2)17-10-13(18)11-21-14-5-3-4-6-14/h7-9,13-14,17-18H,3-6,10-11H2,1-2H3. The summed E-state index contributed by atoms with van der Waals surface area (Å²) in [5.41, 5.74) is 0.853. The zero-order chi connectivity index (χ0) is 15.1. The molecule has 1 saturated carbocycles. The van der Waals surface area contributed by atoms with Gasteiger partial charge in [-0.1, -0.05) is 12.8 Å². The number of hydrogen-bond donors (Lipinski definition) is 2. The fraction of sp³-hybridized carbons (Fsp3) is 0.625. The van der Waals surface area contributed by atoms with Crippen LogP contribution in [0.1, 0.15) is 25.7 Å². The Labute approximate surface area is 126 Å². The number of aliphatic hydroxyl groups excluding tert-OH is 1. The smallest absolute Gasteiger partial charge is 0.124 e. The third kappa shape index (κ3) is 5.10. The van der Waals surface area contributed by atoms with Crippen LogP contribution in [-0.2, 0) is 4.74 Å². The summed E-state index contributed by atoms with van der Waals surface area (Å²) in [5, 5.41) is 13.2. The lowest BCUT2D eigenvalue weighted by Gasteiger charge is -2.17. The lowest BCUT2D eigenvalue weighted by Crippen LogP contribution is -2.27. The van der Waals surface area contributed by atoms with E-state index in [9.17, 15) is 5.11 Å². The van der Waals surface area contributed by atoms with Crippen molar-refractivity contribution in [1.82, 2.24) is 0 Å². The van der Waals surface area contributed by atoms with E-state index in [-0.39, 0.29) is 0 Å². The normalized spacial score (nSPS) is 16.7. The Morgan fingerprint density at radius 1 is 1.14 bits per heavy atom. The van der Waals surface area contributed by atoms with Gasteiger partial charge in [0.2, 0.25) is 0 Å². The van der Waals surface area contributed by atoms with E-state index in [1.165, 1.54) is 12.8 Å². The first-order chi connectivity index (χ1) is 10.2. The minimum absolute atomic E-state index is 0.330. The zero-order valence-electron chi connectivity index (χ0n) is 12.8. The van der Waals surface area contributed by atoms with E-state index < -0.39 is 6.10 Å². The summed E-state index contributed by atoms with van der Waals surface area (Å²) in [6.45, 7) is 0.807. The number of anilines is 1. The Morgan fingerprint density at radius 2 is 1.76 bits per heavy atom. The zero-order valence-corrected chi connectivity index (χ0v) is 12.8. The first kappa shape index (κ1) is 15.9. The quantitative estimate of drug-likeness (QED) is 0.771. The van der Waals surface area contributed by atoms with Gasteiger partial charge in [0.25, 0.3) is 0 Å². The molecule has 21 heavy (non-hydrogen) atoms. The summed E-state index contributed by atoms with van der Waals surface area (Å²) < 4.78 is 16.1. The van der Waals surface area contributed by atoms with Gasteiger partial charge in [-0.25, -0.2) is 0 Å². The number of aliphatic hydroxyl groups is 1. The van der Waals surface area contributed by atoms with Gasteiger partial charge in [0.15, 0.2) is 0 Å². The maximum Gasteiger partial charge on any atom is 0.124 e. The van der Waals surface area contributed by atoms with Crippen LogP contribution in [0.25, 0.3) is 0 Å². The number of nitrogens with one attached hydrogen (secondary N) is 1. The molecule has 5 nitrogen and oxygen atoms in total. The molecule has 0 heterocycles. The lowest BCUT2D eigenvalue weighted by molar-refractivity contribution is -0.00117. The van der Waals surface area contributed by atoms with Crippen molar-refractivity contribution < 1.29 is 19.3 Å². The summed E-state index contributed by atoms with van der Waals surface area (Å²) in [4.78, 5) is 0. The highest BCUT2D eigenvalue weighted by Crippen LogP contribution is 2.25. The van der Waals surface area contributed by atoms with Crippen molar-refractivity contribution in [2.75, 3.05) is 32.7 Å². The van der Waals surface area contributed by atoms with Crippen LogP contribution in [0.5, 0.6) is 11.5 Å². The molecule has 0 radical (unpaired) electrons. The van der Waals surface area contributed by atoms with E-state index in [0.717, 1.165) is 18.5 Å². The third-order valence-electron chi connectivity index (χ3n) is 3.72. The summed E-state index contributed by atoms with van der Waals surface area (Å²) in [5.74, 6) is 1.43. The molecule has 1 aliphatic rings. The van der Waals surface area contributed by atoms with Crippen molar-refractivity contribution in [2.45, 2.75) is 37.9 Å². The number of hydrogen-bond acceptors (Lipinski definition) is 5. The lowest BCUT2D eigenvalue weighted by atomic mass is 10.2. The maximum atomic E-state index is 9.97. The summed E-state index contributed by atoms with van der Waals surface area (Å²) in [6, 6.07) is 5.55. The third-order valence-corrected chi connectivity index (χ3v) is 3.72. The van der Waals surface area contributed by atoms with Crippen LogP contribution in [0, 0.1) is 0 Å². The van der Waals surface area contributed by atoms with Gasteiger partial charge in [0, 0.05) is 30.4 Å². The average Bonchev–Trinajstić information content (AvgIpc) is 3.03. The SMILES string of the molecule is COc1cc(NCC(O)COC2CCCC2)cc(OC)c1. The summed E-state index contributed by atoms with van der Waals surface area (Å²) >= 11 is 0. The van der Waals surface area contributed by atoms with Crippen molar-refractivity contribution >= 4 is 5.69 Å². The number of benzene rings is 1. The van der Waals surface area contributed by atoms with Crippen molar-refractivity contribution in [2.24, 2.45) is 0 Å². The molecule has 0 aliphatic heterocycles. The first-order valence-electron chi connectivity index (χ1n) is 7.48. The van der Waals surface area contributed by atoms with E-state index in [2.05, 4.69) is 5.32 Å². The number of rotatable bonds is 8. The number of methoxy groups -OCH3 is 2. The molecule has 1 aromatic carbocycles. The van der Waals surface area contributed by atoms with Crippen molar-refractivity contribution in [3.05, 3.63) is 18.2 Å². The van der Waals surface area contributed by atoms with E-state index in [1.54, 1.807) is 14.2 Å². The monoisotopic (exact) mass is 295 g/mol. The van der Waals surface area contributed by atoms with E-state index >= 15 is 0 Å². The molecule has 1 aliphatic carbocycles. The second-order valence-electron chi connectivity index (χ2n) is 5.38. The largest absolute Gasteiger partial charge is 0.497 e. The first-order valence-corrected chi connectivity index (χ1v) is 7.48. The molecule has 0 aromatic heterocycles. The van der Waals surface area contributed by atoms with Crippen LogP contribution in [0.4, 0.5) is 5.69 Å². The van der Waals surface area contributed by atoms with E-state index in [1.807, 2.05) is 18.2 Å².